The average molecular weight is 682 g/mol. The minimum absolute atomic E-state index is 0.154. The zero-order valence-corrected chi connectivity index (χ0v) is 29.1. The Bertz CT molecular complexity index is 3100. The number of hydrogen-bond donors (Lipinski definition) is 0. The summed E-state index contributed by atoms with van der Waals surface area (Å²) in [4.78, 5) is 15.1. The fraction of sp³-hybridized carbons (Fsp3) is 0.0625. The van der Waals surface area contributed by atoms with E-state index in [0.717, 1.165) is 71.7 Å². The summed E-state index contributed by atoms with van der Waals surface area (Å²) in [6.07, 6.45) is 0. The summed E-state index contributed by atoms with van der Waals surface area (Å²) in [6, 6.07) is 52.6. The largest absolute Gasteiger partial charge is 0.456 e. The lowest BCUT2D eigenvalue weighted by Crippen LogP contribution is -2.14. The fourth-order valence-corrected chi connectivity index (χ4v) is 8.20. The summed E-state index contributed by atoms with van der Waals surface area (Å²) in [6.45, 7) is 4.61. The zero-order valence-electron chi connectivity index (χ0n) is 29.1. The van der Waals surface area contributed by atoms with Gasteiger partial charge in [0.2, 0.25) is 0 Å². The second-order valence-electron chi connectivity index (χ2n) is 14.4. The van der Waals surface area contributed by atoms with Crippen molar-refractivity contribution in [3.05, 3.63) is 163 Å². The van der Waals surface area contributed by atoms with E-state index in [9.17, 15) is 0 Å². The van der Waals surface area contributed by atoms with Gasteiger partial charge in [-0.05, 0) is 81.9 Å². The maximum Gasteiger partial charge on any atom is 0.164 e. The van der Waals surface area contributed by atoms with Crippen molar-refractivity contribution in [3.8, 4) is 56.4 Å². The molecule has 0 unspecified atom stereocenters. The first-order chi connectivity index (χ1) is 26.0. The normalized spacial score (nSPS) is 13.2. The van der Waals surface area contributed by atoms with Gasteiger partial charge in [0.25, 0.3) is 0 Å². The Kier molecular flexibility index (Phi) is 6.23. The van der Waals surface area contributed by atoms with Crippen molar-refractivity contribution in [1.29, 1.82) is 0 Å². The van der Waals surface area contributed by atoms with Crippen LogP contribution in [-0.2, 0) is 5.41 Å². The van der Waals surface area contributed by atoms with E-state index in [1.54, 1.807) is 0 Å². The molecule has 0 fully saturated rings. The van der Waals surface area contributed by atoms with Crippen molar-refractivity contribution in [1.82, 2.24) is 15.0 Å². The molecule has 7 aromatic carbocycles. The average Bonchev–Trinajstić information content (AvgIpc) is 3.84. The second kappa shape index (κ2) is 11.1. The molecule has 53 heavy (non-hydrogen) atoms. The van der Waals surface area contributed by atoms with Crippen molar-refractivity contribution in [2.24, 2.45) is 0 Å². The molecule has 10 aromatic rings. The number of fused-ring (bicyclic) bond motifs is 9. The first-order valence-corrected chi connectivity index (χ1v) is 17.9. The number of nitrogens with zero attached hydrogens (tertiary/aromatic N) is 3. The molecule has 11 rings (SSSR count). The molecule has 5 heteroatoms. The molecule has 0 radical (unpaired) electrons. The van der Waals surface area contributed by atoms with Crippen LogP contribution in [-0.4, -0.2) is 15.0 Å². The molecule has 1 aliphatic carbocycles. The van der Waals surface area contributed by atoms with Crippen molar-refractivity contribution in [3.63, 3.8) is 0 Å². The van der Waals surface area contributed by atoms with Crippen LogP contribution in [0.4, 0.5) is 0 Å². The van der Waals surface area contributed by atoms with E-state index in [-0.39, 0.29) is 5.41 Å². The van der Waals surface area contributed by atoms with Crippen LogP contribution in [0, 0.1) is 0 Å². The first kappa shape index (κ1) is 29.8. The lowest BCUT2D eigenvalue weighted by molar-refractivity contribution is 0.647. The minimum atomic E-state index is -0.154. The number of para-hydroxylation sites is 2. The van der Waals surface area contributed by atoms with E-state index in [2.05, 4.69) is 98.8 Å². The predicted octanol–water partition coefficient (Wildman–Crippen LogP) is 12.6. The van der Waals surface area contributed by atoms with Gasteiger partial charge in [0.15, 0.2) is 17.5 Å². The molecule has 1 aliphatic rings. The Morgan fingerprint density at radius 1 is 0.358 bits per heavy atom. The van der Waals surface area contributed by atoms with Gasteiger partial charge in [-0.3, -0.25) is 0 Å². The van der Waals surface area contributed by atoms with E-state index in [4.69, 9.17) is 23.8 Å². The van der Waals surface area contributed by atoms with E-state index in [1.807, 2.05) is 66.7 Å². The summed E-state index contributed by atoms with van der Waals surface area (Å²) in [5.41, 5.74) is 13.4. The highest BCUT2D eigenvalue weighted by molar-refractivity contribution is 6.08. The first-order valence-electron chi connectivity index (χ1n) is 17.9. The fourth-order valence-electron chi connectivity index (χ4n) is 8.20. The third-order valence-electron chi connectivity index (χ3n) is 10.9. The Morgan fingerprint density at radius 3 is 1.64 bits per heavy atom. The van der Waals surface area contributed by atoms with E-state index in [0.29, 0.717) is 17.5 Å². The van der Waals surface area contributed by atoms with E-state index < -0.39 is 0 Å². The van der Waals surface area contributed by atoms with Gasteiger partial charge in [0, 0.05) is 43.7 Å². The maximum absolute atomic E-state index is 6.30. The van der Waals surface area contributed by atoms with Gasteiger partial charge < -0.3 is 8.83 Å². The number of aromatic nitrogens is 3. The zero-order chi connectivity index (χ0) is 35.3. The van der Waals surface area contributed by atoms with Crippen LogP contribution in [0.25, 0.3) is 100 Å². The smallest absolute Gasteiger partial charge is 0.164 e. The van der Waals surface area contributed by atoms with Crippen LogP contribution in [0.3, 0.4) is 0 Å². The topological polar surface area (TPSA) is 65.0 Å². The molecular weight excluding hydrogens is 651 g/mol. The van der Waals surface area contributed by atoms with Gasteiger partial charge >= 0.3 is 0 Å². The van der Waals surface area contributed by atoms with Crippen LogP contribution >= 0.6 is 0 Å². The van der Waals surface area contributed by atoms with Gasteiger partial charge in [-0.1, -0.05) is 117 Å². The number of furan rings is 2. The summed E-state index contributed by atoms with van der Waals surface area (Å²) >= 11 is 0. The van der Waals surface area contributed by atoms with Gasteiger partial charge in [-0.25, -0.2) is 15.0 Å². The van der Waals surface area contributed by atoms with Crippen molar-refractivity contribution in [2.45, 2.75) is 19.3 Å². The Labute approximate surface area is 305 Å². The number of benzene rings is 7. The standard InChI is InChI=1S/C48H31N3O2/c1-48(2)39-22-20-30(24-36(39)37-26-38-34-16-7-9-18-42(34)53-44(38)27-40(37)48)29-13-10-14-31(23-29)46-49-45(28-11-4-3-5-12-28)50-47(51-46)32-19-21-35-33-15-6-8-17-41(33)52-43(35)25-32/h3-27H,1-2H3. The summed E-state index contributed by atoms with van der Waals surface area (Å²) < 4.78 is 12.5. The SMILES string of the molecule is CC1(C)c2ccc(-c3cccc(-c4nc(-c5ccccc5)nc(-c5ccc6c(c5)oc5ccccc56)n4)c3)cc2-c2cc3c(cc21)oc1ccccc13. The summed E-state index contributed by atoms with van der Waals surface area (Å²) in [7, 11) is 0. The van der Waals surface area contributed by atoms with Gasteiger partial charge in [-0.2, -0.15) is 0 Å². The highest BCUT2D eigenvalue weighted by Crippen LogP contribution is 2.51. The highest BCUT2D eigenvalue weighted by Gasteiger charge is 2.36. The Hall–Kier alpha value is -6.85. The molecular formula is C48H31N3O2. The van der Waals surface area contributed by atoms with Crippen LogP contribution < -0.4 is 0 Å². The van der Waals surface area contributed by atoms with Crippen LogP contribution in [0.2, 0.25) is 0 Å². The van der Waals surface area contributed by atoms with Crippen LogP contribution in [0.5, 0.6) is 0 Å². The summed E-state index contributed by atoms with van der Waals surface area (Å²) in [5.74, 6) is 1.83. The molecule has 3 aromatic heterocycles. The van der Waals surface area contributed by atoms with Crippen LogP contribution in [0.15, 0.2) is 160 Å². The molecule has 0 saturated carbocycles. The number of rotatable bonds is 4. The third-order valence-corrected chi connectivity index (χ3v) is 10.9. The van der Waals surface area contributed by atoms with Crippen LogP contribution in [0.1, 0.15) is 25.0 Å². The quantitative estimate of drug-likeness (QED) is 0.185. The molecule has 0 atom stereocenters. The molecule has 0 N–H and O–H groups in total. The molecule has 0 bridgehead atoms. The monoisotopic (exact) mass is 681 g/mol. The third kappa shape index (κ3) is 4.60. The lowest BCUT2D eigenvalue weighted by atomic mass is 9.82. The molecule has 250 valence electrons. The number of hydrogen-bond acceptors (Lipinski definition) is 5. The molecule has 0 amide bonds. The van der Waals surface area contributed by atoms with E-state index >= 15 is 0 Å². The molecule has 5 nitrogen and oxygen atoms in total. The molecule has 3 heterocycles. The van der Waals surface area contributed by atoms with Crippen molar-refractivity contribution >= 4 is 43.9 Å². The molecule has 0 aliphatic heterocycles. The van der Waals surface area contributed by atoms with Gasteiger partial charge in [0.1, 0.15) is 22.3 Å². The van der Waals surface area contributed by atoms with Crippen molar-refractivity contribution < 1.29 is 8.83 Å². The summed E-state index contributed by atoms with van der Waals surface area (Å²) in [5, 5.41) is 4.45. The highest BCUT2D eigenvalue weighted by atomic mass is 16.3. The van der Waals surface area contributed by atoms with Crippen molar-refractivity contribution in [2.75, 3.05) is 0 Å². The Balaban J connectivity index is 1.03. The van der Waals surface area contributed by atoms with Gasteiger partial charge in [0.05, 0.1) is 0 Å². The molecule has 0 spiro atoms. The lowest BCUT2D eigenvalue weighted by Gasteiger charge is -2.21. The predicted molar refractivity (Wildman–Crippen MR) is 214 cm³/mol. The van der Waals surface area contributed by atoms with E-state index in [1.165, 1.54) is 22.3 Å². The molecule has 0 saturated heterocycles. The van der Waals surface area contributed by atoms with Gasteiger partial charge in [-0.15, -0.1) is 0 Å². The Morgan fingerprint density at radius 2 is 0.887 bits per heavy atom. The second-order valence-corrected chi connectivity index (χ2v) is 14.4. The maximum atomic E-state index is 6.30. The minimum Gasteiger partial charge on any atom is -0.456 e.